The SMILES string of the molecule is CC/C=C\C/C=C\C/C=C\C/C=C\CCCCCCCCCCC(=O)NC(COC1OC(CO)C(O)C(O)C1O)C(O)/C=C/CCCCCCCCCCCCCCCCCCCCCCCCCCCCCC. The maximum atomic E-state index is 13.1. The lowest BCUT2D eigenvalue weighted by molar-refractivity contribution is -0.302. The van der Waals surface area contributed by atoms with Crippen LogP contribution in [0, 0.1) is 0 Å². The fraction of sp³-hybridized carbons (Fsp3) is 0.831. The van der Waals surface area contributed by atoms with Crippen molar-refractivity contribution in [2.75, 3.05) is 13.2 Å². The fourth-order valence-electron chi connectivity index (χ4n) is 9.92. The van der Waals surface area contributed by atoms with Crippen LogP contribution in [0.15, 0.2) is 60.8 Å². The quantitative estimate of drug-likeness (QED) is 0.0261. The predicted molar refractivity (Wildman–Crippen MR) is 313 cm³/mol. The zero-order valence-electron chi connectivity index (χ0n) is 48.1. The molecule has 1 rings (SSSR count). The van der Waals surface area contributed by atoms with Crippen LogP contribution >= 0.6 is 0 Å². The highest BCUT2D eigenvalue weighted by Crippen LogP contribution is 2.23. The van der Waals surface area contributed by atoms with E-state index in [0.29, 0.717) is 6.42 Å². The second-order valence-corrected chi connectivity index (χ2v) is 21.8. The number of carbonyl (C=O) groups is 1. The topological polar surface area (TPSA) is 149 Å². The van der Waals surface area contributed by atoms with Gasteiger partial charge in [0, 0.05) is 6.42 Å². The summed E-state index contributed by atoms with van der Waals surface area (Å²) < 4.78 is 11.3. The van der Waals surface area contributed by atoms with Gasteiger partial charge in [0.15, 0.2) is 6.29 Å². The van der Waals surface area contributed by atoms with Crippen molar-refractivity contribution in [2.45, 2.75) is 333 Å². The van der Waals surface area contributed by atoms with Crippen molar-refractivity contribution < 1.29 is 39.8 Å². The van der Waals surface area contributed by atoms with Gasteiger partial charge < -0.3 is 40.3 Å². The van der Waals surface area contributed by atoms with E-state index in [9.17, 15) is 30.3 Å². The lowest BCUT2D eigenvalue weighted by Gasteiger charge is -2.40. The molecule has 6 N–H and O–H groups in total. The number of carbonyl (C=O) groups excluding carboxylic acids is 1. The molecule has 1 saturated heterocycles. The third-order valence-electron chi connectivity index (χ3n) is 14.8. The van der Waals surface area contributed by atoms with Crippen LogP contribution in [-0.4, -0.2) is 87.5 Å². The number of allylic oxidation sites excluding steroid dienone is 9. The molecule has 0 bridgehead atoms. The van der Waals surface area contributed by atoms with E-state index in [1.165, 1.54) is 193 Å². The molecule has 0 spiro atoms. The summed E-state index contributed by atoms with van der Waals surface area (Å²) in [6.45, 7) is 3.69. The summed E-state index contributed by atoms with van der Waals surface area (Å²) in [5, 5.41) is 54.6. The Morgan fingerprint density at radius 1 is 0.473 bits per heavy atom. The number of rotatable bonds is 54. The van der Waals surface area contributed by atoms with Crippen molar-refractivity contribution in [1.82, 2.24) is 5.32 Å². The van der Waals surface area contributed by atoms with Gasteiger partial charge in [-0.2, -0.15) is 0 Å². The van der Waals surface area contributed by atoms with Gasteiger partial charge in [-0.25, -0.2) is 0 Å². The van der Waals surface area contributed by atoms with Gasteiger partial charge in [-0.05, 0) is 57.8 Å². The first-order chi connectivity index (χ1) is 36.3. The second-order valence-electron chi connectivity index (χ2n) is 21.8. The summed E-state index contributed by atoms with van der Waals surface area (Å²) >= 11 is 0. The maximum absolute atomic E-state index is 13.1. The van der Waals surface area contributed by atoms with Gasteiger partial charge in [0.05, 0.1) is 25.4 Å². The van der Waals surface area contributed by atoms with E-state index in [1.54, 1.807) is 6.08 Å². The Bertz CT molecular complexity index is 1350. The number of nitrogens with one attached hydrogen (secondary N) is 1. The molecule has 0 aromatic heterocycles. The average Bonchev–Trinajstić information content (AvgIpc) is 3.40. The Labute approximate surface area is 456 Å². The molecule has 1 aliphatic heterocycles. The first-order valence-electron chi connectivity index (χ1n) is 31.5. The highest BCUT2D eigenvalue weighted by Gasteiger charge is 2.44. The summed E-state index contributed by atoms with van der Waals surface area (Å²) in [4.78, 5) is 13.1. The second kappa shape index (κ2) is 54.3. The highest BCUT2D eigenvalue weighted by atomic mass is 16.7. The average molecular weight is 1040 g/mol. The van der Waals surface area contributed by atoms with E-state index in [4.69, 9.17) is 9.47 Å². The van der Waals surface area contributed by atoms with E-state index in [2.05, 4.69) is 67.8 Å². The first kappa shape index (κ1) is 69.9. The van der Waals surface area contributed by atoms with Gasteiger partial charge in [0.25, 0.3) is 0 Å². The van der Waals surface area contributed by atoms with E-state index in [-0.39, 0.29) is 12.5 Å². The fourth-order valence-corrected chi connectivity index (χ4v) is 9.92. The molecule has 1 aliphatic rings. The third kappa shape index (κ3) is 42.9. The molecule has 0 radical (unpaired) electrons. The number of aliphatic hydroxyl groups excluding tert-OH is 5. The van der Waals surface area contributed by atoms with Crippen molar-refractivity contribution in [3.8, 4) is 0 Å². The Hall–Kier alpha value is -2.11. The van der Waals surface area contributed by atoms with Gasteiger partial charge in [-0.3, -0.25) is 4.79 Å². The molecule has 7 atom stereocenters. The monoisotopic (exact) mass is 1040 g/mol. The first-order valence-corrected chi connectivity index (χ1v) is 31.5. The molecule has 7 unspecified atom stereocenters. The van der Waals surface area contributed by atoms with Crippen molar-refractivity contribution in [2.24, 2.45) is 0 Å². The summed E-state index contributed by atoms with van der Waals surface area (Å²) in [5.74, 6) is -0.184. The number of hydrogen-bond donors (Lipinski definition) is 6. The summed E-state index contributed by atoms with van der Waals surface area (Å²) in [6.07, 6.45) is 67.3. The number of ether oxygens (including phenoxy) is 2. The summed E-state index contributed by atoms with van der Waals surface area (Å²) in [5.41, 5.74) is 0. The molecule has 9 nitrogen and oxygen atoms in total. The van der Waals surface area contributed by atoms with E-state index < -0.39 is 49.5 Å². The minimum atomic E-state index is -1.57. The molecular weight excluding hydrogens is 923 g/mol. The van der Waals surface area contributed by atoms with Crippen LogP contribution in [0.25, 0.3) is 0 Å². The third-order valence-corrected chi connectivity index (χ3v) is 14.8. The molecule has 432 valence electrons. The molecule has 9 heteroatoms. The van der Waals surface area contributed by atoms with E-state index in [1.807, 2.05) is 6.08 Å². The Morgan fingerprint density at radius 3 is 1.24 bits per heavy atom. The molecule has 1 fully saturated rings. The van der Waals surface area contributed by atoms with Crippen LogP contribution in [0.3, 0.4) is 0 Å². The van der Waals surface area contributed by atoms with Crippen LogP contribution in [0.4, 0.5) is 0 Å². The van der Waals surface area contributed by atoms with Crippen LogP contribution in [0.5, 0.6) is 0 Å². The lowest BCUT2D eigenvalue weighted by atomic mass is 9.99. The predicted octanol–water partition coefficient (Wildman–Crippen LogP) is 16.2. The van der Waals surface area contributed by atoms with Gasteiger partial charge in [-0.1, -0.05) is 286 Å². The smallest absolute Gasteiger partial charge is 0.220 e. The van der Waals surface area contributed by atoms with Crippen LogP contribution in [-0.2, 0) is 14.3 Å². The standard InChI is InChI=1S/C65H119NO8/c1-3-5-7-9-11-13-15-17-19-21-23-25-26-27-28-29-30-31-32-33-35-36-38-40-42-44-46-48-50-52-54-59(68)58(57-73-65-64(72)63(71)62(70)60(56-67)74-65)66-61(69)55-53-51-49-47-45-43-41-39-37-34-24-22-20-18-16-14-12-10-8-6-4-2/h6,8,12,14,18,20,24,34,52,54,58-60,62-65,67-68,70-72H,3-5,7,9-11,13,15-17,19,21-23,25-33,35-51,53,55-57H2,1-2H3,(H,66,69)/b8-6-,14-12-,20-18-,34-24-,54-52+. The molecule has 1 amide bonds. The van der Waals surface area contributed by atoms with Gasteiger partial charge in [-0.15, -0.1) is 0 Å². The summed E-state index contributed by atoms with van der Waals surface area (Å²) in [6, 6.07) is -0.813. The van der Waals surface area contributed by atoms with E-state index in [0.717, 1.165) is 77.0 Å². The molecular formula is C65H119NO8. The molecule has 0 saturated carbocycles. The van der Waals surface area contributed by atoms with Crippen molar-refractivity contribution in [1.29, 1.82) is 0 Å². The molecule has 1 heterocycles. The molecule has 0 aromatic rings. The van der Waals surface area contributed by atoms with Crippen molar-refractivity contribution in [3.05, 3.63) is 60.8 Å². The lowest BCUT2D eigenvalue weighted by Crippen LogP contribution is -2.60. The van der Waals surface area contributed by atoms with Gasteiger partial charge in [0.1, 0.15) is 24.4 Å². The Kier molecular flexibility index (Phi) is 51.3. The number of hydrogen-bond acceptors (Lipinski definition) is 8. The summed E-state index contributed by atoms with van der Waals surface area (Å²) in [7, 11) is 0. The van der Waals surface area contributed by atoms with Crippen molar-refractivity contribution >= 4 is 5.91 Å². The van der Waals surface area contributed by atoms with E-state index >= 15 is 0 Å². The Morgan fingerprint density at radius 2 is 0.838 bits per heavy atom. The Balaban J connectivity index is 2.18. The maximum Gasteiger partial charge on any atom is 0.220 e. The largest absolute Gasteiger partial charge is 0.394 e. The zero-order chi connectivity index (χ0) is 53.6. The minimum absolute atomic E-state index is 0.184. The minimum Gasteiger partial charge on any atom is -0.394 e. The zero-order valence-corrected chi connectivity index (χ0v) is 48.1. The van der Waals surface area contributed by atoms with Crippen LogP contribution in [0.1, 0.15) is 290 Å². The number of aliphatic hydroxyl groups is 5. The molecule has 74 heavy (non-hydrogen) atoms. The number of unbranched alkanes of at least 4 members (excludes halogenated alkanes) is 36. The van der Waals surface area contributed by atoms with Crippen molar-refractivity contribution in [3.63, 3.8) is 0 Å². The highest BCUT2D eigenvalue weighted by molar-refractivity contribution is 5.76. The molecule has 0 aromatic carbocycles. The number of amides is 1. The normalized spacial score (nSPS) is 19.4. The van der Waals surface area contributed by atoms with Gasteiger partial charge in [0.2, 0.25) is 5.91 Å². The van der Waals surface area contributed by atoms with Crippen LogP contribution in [0.2, 0.25) is 0 Å². The van der Waals surface area contributed by atoms with Gasteiger partial charge >= 0.3 is 0 Å². The van der Waals surface area contributed by atoms with Crippen LogP contribution < -0.4 is 5.32 Å². The molecule has 0 aliphatic carbocycles.